The Balaban J connectivity index is 2.13. The van der Waals surface area contributed by atoms with Gasteiger partial charge in [-0.3, -0.25) is 0 Å². The third kappa shape index (κ3) is 2.77. The predicted molar refractivity (Wildman–Crippen MR) is 82.8 cm³/mol. The normalized spacial score (nSPS) is 18.9. The van der Waals surface area contributed by atoms with E-state index in [1.54, 1.807) is 0 Å². The monoisotopic (exact) mass is 261 g/mol. The van der Waals surface area contributed by atoms with E-state index in [2.05, 4.69) is 55.9 Å². The number of nitrogens with zero attached hydrogens (tertiary/aromatic N) is 2. The van der Waals surface area contributed by atoms with Gasteiger partial charge in [0, 0.05) is 30.9 Å². The van der Waals surface area contributed by atoms with Crippen LogP contribution in [-0.2, 0) is 0 Å². The van der Waals surface area contributed by atoms with Crippen LogP contribution in [0.2, 0.25) is 0 Å². The van der Waals surface area contributed by atoms with Crippen LogP contribution in [0.5, 0.6) is 0 Å². The van der Waals surface area contributed by atoms with Gasteiger partial charge in [-0.15, -0.1) is 0 Å². The molecule has 3 nitrogen and oxygen atoms in total. The topological polar surface area (TPSA) is 32.5 Å². The third-order valence-corrected chi connectivity index (χ3v) is 4.73. The van der Waals surface area contributed by atoms with Gasteiger partial charge in [0.15, 0.2) is 0 Å². The molecule has 0 saturated carbocycles. The van der Waals surface area contributed by atoms with Crippen molar-refractivity contribution in [2.45, 2.75) is 32.2 Å². The number of anilines is 1. The van der Waals surface area contributed by atoms with Gasteiger partial charge < -0.3 is 15.5 Å². The lowest BCUT2D eigenvalue weighted by Crippen LogP contribution is -2.57. The van der Waals surface area contributed by atoms with Crippen molar-refractivity contribution < 1.29 is 0 Å². The van der Waals surface area contributed by atoms with Gasteiger partial charge in [-0.2, -0.15) is 0 Å². The minimum Gasteiger partial charge on any atom is -0.371 e. The van der Waals surface area contributed by atoms with Crippen molar-refractivity contribution in [3.8, 4) is 0 Å². The Morgan fingerprint density at radius 2 is 1.84 bits per heavy atom. The molecule has 1 aromatic carbocycles. The van der Waals surface area contributed by atoms with Crippen LogP contribution in [0.3, 0.4) is 0 Å². The van der Waals surface area contributed by atoms with Gasteiger partial charge in [0.2, 0.25) is 0 Å². The van der Waals surface area contributed by atoms with Crippen molar-refractivity contribution in [2.24, 2.45) is 5.73 Å². The summed E-state index contributed by atoms with van der Waals surface area (Å²) >= 11 is 0. The van der Waals surface area contributed by atoms with E-state index in [1.165, 1.54) is 16.8 Å². The summed E-state index contributed by atoms with van der Waals surface area (Å²) in [6, 6.07) is 6.72. The molecule has 0 aromatic heterocycles. The molecule has 1 saturated heterocycles. The summed E-state index contributed by atoms with van der Waals surface area (Å²) in [7, 11) is 4.31. The first-order valence-electron chi connectivity index (χ1n) is 7.18. The van der Waals surface area contributed by atoms with Crippen LogP contribution in [0.1, 0.15) is 24.0 Å². The number of likely N-dealkylation sites (N-methyl/N-ethyl adjacent to an activating group) is 1. The summed E-state index contributed by atoms with van der Waals surface area (Å²) in [5.74, 6) is 0. The highest BCUT2D eigenvalue weighted by Crippen LogP contribution is 2.31. The lowest BCUT2D eigenvalue weighted by molar-refractivity contribution is 0.125. The van der Waals surface area contributed by atoms with Gasteiger partial charge in [-0.1, -0.05) is 12.1 Å². The first-order chi connectivity index (χ1) is 8.98. The standard InChI is InChI=1S/C16H27N3/c1-13-5-6-14(2)15(11-13)19-9-7-16(12-17,8-10-19)18(3)4/h5-6,11H,7-10,12,17H2,1-4H3. The van der Waals surface area contributed by atoms with E-state index in [0.29, 0.717) is 0 Å². The highest BCUT2D eigenvalue weighted by molar-refractivity contribution is 5.55. The minimum atomic E-state index is 0.189. The fourth-order valence-electron chi connectivity index (χ4n) is 3.06. The van der Waals surface area contributed by atoms with Gasteiger partial charge in [0.05, 0.1) is 0 Å². The van der Waals surface area contributed by atoms with E-state index in [-0.39, 0.29) is 5.54 Å². The molecule has 3 heteroatoms. The van der Waals surface area contributed by atoms with E-state index in [1.807, 2.05) is 0 Å². The van der Waals surface area contributed by atoms with Crippen LogP contribution in [0.15, 0.2) is 18.2 Å². The van der Waals surface area contributed by atoms with Crippen molar-refractivity contribution >= 4 is 5.69 Å². The highest BCUT2D eigenvalue weighted by Gasteiger charge is 2.35. The summed E-state index contributed by atoms with van der Waals surface area (Å²) in [5.41, 5.74) is 10.3. The molecule has 2 N–H and O–H groups in total. The van der Waals surface area contributed by atoms with E-state index < -0.39 is 0 Å². The van der Waals surface area contributed by atoms with Crippen molar-refractivity contribution in [3.63, 3.8) is 0 Å². The van der Waals surface area contributed by atoms with E-state index in [9.17, 15) is 0 Å². The molecular formula is C16H27N3. The molecule has 1 heterocycles. The Bertz CT molecular complexity index is 432. The molecule has 1 aliphatic heterocycles. The molecule has 1 aromatic rings. The Morgan fingerprint density at radius 3 is 2.37 bits per heavy atom. The number of nitrogens with two attached hydrogens (primary N) is 1. The predicted octanol–water partition coefficient (Wildman–Crippen LogP) is 2.16. The molecule has 0 radical (unpaired) electrons. The number of benzene rings is 1. The Morgan fingerprint density at radius 1 is 1.21 bits per heavy atom. The van der Waals surface area contributed by atoms with Gasteiger partial charge in [0.1, 0.15) is 0 Å². The van der Waals surface area contributed by atoms with Crippen LogP contribution < -0.4 is 10.6 Å². The minimum absolute atomic E-state index is 0.189. The summed E-state index contributed by atoms with van der Waals surface area (Å²) in [6.07, 6.45) is 2.29. The zero-order chi connectivity index (χ0) is 14.0. The molecule has 0 amide bonds. The molecule has 0 spiro atoms. The maximum Gasteiger partial charge on any atom is 0.0398 e. The van der Waals surface area contributed by atoms with Gasteiger partial charge >= 0.3 is 0 Å². The van der Waals surface area contributed by atoms with Crippen molar-refractivity contribution in [1.29, 1.82) is 0 Å². The molecule has 0 unspecified atom stereocenters. The number of rotatable bonds is 3. The lowest BCUT2D eigenvalue weighted by Gasteiger charge is -2.46. The molecule has 106 valence electrons. The average Bonchev–Trinajstić information content (AvgIpc) is 2.41. The molecule has 1 aliphatic rings. The van der Waals surface area contributed by atoms with Gasteiger partial charge in [-0.05, 0) is 58.0 Å². The Kier molecular flexibility index (Phi) is 4.16. The van der Waals surface area contributed by atoms with Gasteiger partial charge in [-0.25, -0.2) is 0 Å². The molecule has 19 heavy (non-hydrogen) atoms. The molecule has 1 fully saturated rings. The fourth-order valence-corrected chi connectivity index (χ4v) is 3.06. The van der Waals surface area contributed by atoms with Crippen LogP contribution in [-0.4, -0.2) is 44.2 Å². The highest BCUT2D eigenvalue weighted by atomic mass is 15.2. The Labute approximate surface area is 117 Å². The quantitative estimate of drug-likeness (QED) is 0.905. The first-order valence-corrected chi connectivity index (χ1v) is 7.18. The average molecular weight is 261 g/mol. The second-order valence-corrected chi connectivity index (χ2v) is 6.10. The molecule has 0 atom stereocenters. The maximum absolute atomic E-state index is 6.02. The first kappa shape index (κ1) is 14.4. The lowest BCUT2D eigenvalue weighted by atomic mass is 9.86. The largest absolute Gasteiger partial charge is 0.371 e. The van der Waals surface area contributed by atoms with E-state index >= 15 is 0 Å². The zero-order valence-corrected chi connectivity index (χ0v) is 12.7. The summed E-state index contributed by atoms with van der Waals surface area (Å²) in [4.78, 5) is 4.83. The van der Waals surface area contributed by atoms with Crippen molar-refractivity contribution in [3.05, 3.63) is 29.3 Å². The molecule has 0 aliphatic carbocycles. The molecular weight excluding hydrogens is 234 g/mol. The number of hydrogen-bond donors (Lipinski definition) is 1. The van der Waals surface area contributed by atoms with Crippen LogP contribution in [0, 0.1) is 13.8 Å². The number of piperidine rings is 1. The van der Waals surface area contributed by atoms with Crippen LogP contribution in [0.4, 0.5) is 5.69 Å². The number of hydrogen-bond acceptors (Lipinski definition) is 3. The summed E-state index contributed by atoms with van der Waals surface area (Å²) < 4.78 is 0. The summed E-state index contributed by atoms with van der Waals surface area (Å²) in [6.45, 7) is 7.31. The van der Waals surface area contributed by atoms with E-state index in [4.69, 9.17) is 5.73 Å². The fraction of sp³-hybridized carbons (Fsp3) is 0.625. The Hall–Kier alpha value is -1.06. The smallest absolute Gasteiger partial charge is 0.0398 e. The van der Waals surface area contributed by atoms with Crippen molar-refractivity contribution in [1.82, 2.24) is 4.90 Å². The second-order valence-electron chi connectivity index (χ2n) is 6.10. The molecule has 2 rings (SSSR count). The third-order valence-electron chi connectivity index (χ3n) is 4.73. The van der Waals surface area contributed by atoms with Gasteiger partial charge in [0.25, 0.3) is 0 Å². The molecule has 0 bridgehead atoms. The summed E-state index contributed by atoms with van der Waals surface area (Å²) in [5, 5.41) is 0. The SMILES string of the molecule is Cc1ccc(C)c(N2CCC(CN)(N(C)C)CC2)c1. The van der Waals surface area contributed by atoms with Crippen LogP contribution >= 0.6 is 0 Å². The van der Waals surface area contributed by atoms with E-state index in [0.717, 1.165) is 32.5 Å². The zero-order valence-electron chi connectivity index (χ0n) is 12.7. The van der Waals surface area contributed by atoms with Crippen LogP contribution in [0.25, 0.3) is 0 Å². The maximum atomic E-state index is 6.02. The van der Waals surface area contributed by atoms with Crippen molar-refractivity contribution in [2.75, 3.05) is 38.6 Å². The second kappa shape index (κ2) is 5.51. The number of aryl methyl sites for hydroxylation is 2.